The highest BCUT2D eigenvalue weighted by Crippen LogP contribution is 2.55. The Bertz CT molecular complexity index is 810. The molecule has 6 heteroatoms. The summed E-state index contributed by atoms with van der Waals surface area (Å²) in [4.78, 5) is 29.7. The molecule has 2 amide bonds. The van der Waals surface area contributed by atoms with E-state index in [4.69, 9.17) is 0 Å². The predicted molar refractivity (Wildman–Crippen MR) is 124 cm³/mol. The van der Waals surface area contributed by atoms with Crippen molar-refractivity contribution in [3.8, 4) is 0 Å². The zero-order chi connectivity index (χ0) is 22.9. The van der Waals surface area contributed by atoms with Crippen molar-refractivity contribution in [2.45, 2.75) is 90.3 Å². The van der Waals surface area contributed by atoms with Crippen molar-refractivity contribution in [3.05, 3.63) is 30.1 Å². The molecule has 0 bridgehead atoms. The quantitative estimate of drug-likeness (QED) is 0.650. The van der Waals surface area contributed by atoms with Crippen LogP contribution < -0.4 is 10.6 Å². The Balaban J connectivity index is 1.44. The first-order chi connectivity index (χ1) is 15.3. The van der Waals surface area contributed by atoms with Crippen LogP contribution in [0.15, 0.2) is 24.5 Å². The predicted octanol–water partition coefficient (Wildman–Crippen LogP) is 3.70. The van der Waals surface area contributed by atoms with Crippen molar-refractivity contribution in [3.63, 3.8) is 0 Å². The molecule has 4 rings (SSSR count). The largest absolute Gasteiger partial charge is 0.392 e. The van der Waals surface area contributed by atoms with Gasteiger partial charge in [0, 0.05) is 36.0 Å². The molecule has 0 aromatic carbocycles. The highest BCUT2D eigenvalue weighted by molar-refractivity contribution is 5.94. The third-order valence-corrected chi connectivity index (χ3v) is 8.90. The van der Waals surface area contributed by atoms with E-state index in [0.29, 0.717) is 11.6 Å². The van der Waals surface area contributed by atoms with Crippen molar-refractivity contribution < 1.29 is 14.7 Å². The number of hydrogen-bond donors (Lipinski definition) is 3. The molecular formula is C26H39N3O3. The molecule has 1 unspecified atom stereocenters. The third kappa shape index (κ3) is 4.57. The van der Waals surface area contributed by atoms with Crippen molar-refractivity contribution in [2.24, 2.45) is 29.1 Å². The summed E-state index contributed by atoms with van der Waals surface area (Å²) in [5.41, 5.74) is 0.661. The number of nitrogens with zero attached hydrogens (tertiary/aromatic N) is 1. The average Bonchev–Trinajstić information content (AvgIpc) is 3.29. The van der Waals surface area contributed by atoms with E-state index < -0.39 is 6.10 Å². The van der Waals surface area contributed by atoms with Crippen LogP contribution in [0.25, 0.3) is 0 Å². The molecule has 0 radical (unpaired) electrons. The van der Waals surface area contributed by atoms with Gasteiger partial charge in [0.1, 0.15) is 0 Å². The van der Waals surface area contributed by atoms with E-state index in [9.17, 15) is 14.7 Å². The standard InChI is InChI=1S/C26H39N3O3/c1-16(24(31)28-19-6-4-5-7-19)20-8-12-26(3)13-9-21(17(2)22(26)23(20)30)29-25(32)18-10-14-27-15-11-18/h10-11,14-17,19-23,30H,4-9,12-13H2,1-3H3,(H,28,31)(H,29,32)/t16-,17+,20?,21-,22+,23-,26-/m0/s1. The number of pyridine rings is 1. The van der Waals surface area contributed by atoms with Crippen molar-refractivity contribution in [1.29, 1.82) is 0 Å². The molecular weight excluding hydrogens is 402 g/mol. The minimum Gasteiger partial charge on any atom is -0.392 e. The van der Waals surface area contributed by atoms with E-state index in [1.807, 2.05) is 6.92 Å². The summed E-state index contributed by atoms with van der Waals surface area (Å²) in [6, 6.07) is 3.77. The fourth-order valence-corrected chi connectivity index (χ4v) is 6.85. The number of aliphatic hydroxyl groups is 1. The first-order valence-corrected chi connectivity index (χ1v) is 12.5. The Morgan fingerprint density at radius 1 is 1.09 bits per heavy atom. The lowest BCUT2D eigenvalue weighted by Gasteiger charge is -2.56. The molecule has 7 atom stereocenters. The van der Waals surface area contributed by atoms with Gasteiger partial charge in [0.05, 0.1) is 6.10 Å². The molecule has 0 spiro atoms. The Morgan fingerprint density at radius 2 is 1.75 bits per heavy atom. The Morgan fingerprint density at radius 3 is 2.44 bits per heavy atom. The summed E-state index contributed by atoms with van der Waals surface area (Å²) in [5, 5.41) is 18.0. The second kappa shape index (κ2) is 9.50. The number of carbonyl (C=O) groups is 2. The van der Waals surface area contributed by atoms with Gasteiger partial charge in [-0.05, 0) is 73.8 Å². The van der Waals surface area contributed by atoms with Crippen LogP contribution >= 0.6 is 0 Å². The fraction of sp³-hybridized carbons (Fsp3) is 0.731. The second-order valence-electron chi connectivity index (χ2n) is 10.9. The molecule has 1 aromatic heterocycles. The molecule has 6 nitrogen and oxygen atoms in total. The van der Waals surface area contributed by atoms with Crippen LogP contribution in [0.3, 0.4) is 0 Å². The molecule has 3 aliphatic rings. The number of nitrogens with one attached hydrogen (secondary N) is 2. The molecule has 32 heavy (non-hydrogen) atoms. The molecule has 1 aromatic rings. The molecule has 3 saturated carbocycles. The lowest BCUT2D eigenvalue weighted by molar-refractivity contribution is -0.142. The lowest BCUT2D eigenvalue weighted by Crippen LogP contribution is -2.58. The van der Waals surface area contributed by atoms with Crippen LogP contribution in [0.2, 0.25) is 0 Å². The van der Waals surface area contributed by atoms with E-state index in [2.05, 4.69) is 29.5 Å². The summed E-state index contributed by atoms with van der Waals surface area (Å²) in [6.07, 6.45) is 11.1. The normalized spacial score (nSPS) is 36.2. The molecule has 3 fully saturated rings. The highest BCUT2D eigenvalue weighted by Gasteiger charge is 2.54. The first kappa shape index (κ1) is 23.2. The number of hydrogen-bond acceptors (Lipinski definition) is 4. The summed E-state index contributed by atoms with van der Waals surface area (Å²) >= 11 is 0. The van der Waals surface area contributed by atoms with Gasteiger partial charge < -0.3 is 15.7 Å². The summed E-state index contributed by atoms with van der Waals surface area (Å²) in [6.45, 7) is 6.43. The summed E-state index contributed by atoms with van der Waals surface area (Å²) < 4.78 is 0. The molecule has 3 aliphatic carbocycles. The van der Waals surface area contributed by atoms with Crippen LogP contribution in [0.5, 0.6) is 0 Å². The Hall–Kier alpha value is -1.95. The van der Waals surface area contributed by atoms with E-state index in [-0.39, 0.29) is 46.9 Å². The van der Waals surface area contributed by atoms with Crippen molar-refractivity contribution in [1.82, 2.24) is 15.6 Å². The number of aliphatic hydroxyl groups excluding tert-OH is 1. The monoisotopic (exact) mass is 441 g/mol. The number of carbonyl (C=O) groups excluding carboxylic acids is 2. The first-order valence-electron chi connectivity index (χ1n) is 12.5. The number of rotatable bonds is 5. The van der Waals surface area contributed by atoms with Gasteiger partial charge in [0.15, 0.2) is 0 Å². The van der Waals surface area contributed by atoms with Crippen LogP contribution in [0.4, 0.5) is 0 Å². The maximum absolute atomic E-state index is 12.9. The molecule has 0 aliphatic heterocycles. The van der Waals surface area contributed by atoms with Gasteiger partial charge in [-0.3, -0.25) is 14.6 Å². The maximum atomic E-state index is 12.9. The third-order valence-electron chi connectivity index (χ3n) is 8.90. The topological polar surface area (TPSA) is 91.3 Å². The van der Waals surface area contributed by atoms with Crippen LogP contribution in [-0.4, -0.2) is 40.1 Å². The number of fused-ring (bicyclic) bond motifs is 1. The van der Waals surface area contributed by atoms with Gasteiger partial charge in [0.25, 0.3) is 5.91 Å². The van der Waals surface area contributed by atoms with E-state index >= 15 is 0 Å². The van der Waals surface area contributed by atoms with Gasteiger partial charge in [-0.15, -0.1) is 0 Å². The molecule has 176 valence electrons. The minimum absolute atomic E-state index is 0.0183. The van der Waals surface area contributed by atoms with Crippen LogP contribution in [-0.2, 0) is 4.79 Å². The maximum Gasteiger partial charge on any atom is 0.251 e. The van der Waals surface area contributed by atoms with Gasteiger partial charge >= 0.3 is 0 Å². The van der Waals surface area contributed by atoms with Crippen molar-refractivity contribution in [2.75, 3.05) is 0 Å². The summed E-state index contributed by atoms with van der Waals surface area (Å²) in [5.74, 6) is -0.0165. The average molecular weight is 442 g/mol. The number of aromatic nitrogens is 1. The van der Waals surface area contributed by atoms with Gasteiger partial charge in [-0.1, -0.05) is 33.6 Å². The molecule has 3 N–H and O–H groups in total. The SMILES string of the molecule is C[C@H]1[C@@H]2[C@@H](O)C([C@H](C)C(=O)NC3CCCC3)CC[C@@]2(C)CC[C@@H]1NC(=O)c1ccncc1. The molecule has 1 heterocycles. The zero-order valence-electron chi connectivity index (χ0n) is 19.7. The second-order valence-corrected chi connectivity index (χ2v) is 10.9. The molecule has 0 saturated heterocycles. The zero-order valence-corrected chi connectivity index (χ0v) is 19.7. The lowest BCUT2D eigenvalue weighted by atomic mass is 9.51. The fourth-order valence-electron chi connectivity index (χ4n) is 6.85. The Kier molecular flexibility index (Phi) is 6.89. The minimum atomic E-state index is -0.534. The highest BCUT2D eigenvalue weighted by atomic mass is 16.3. The van der Waals surface area contributed by atoms with Gasteiger partial charge in [-0.2, -0.15) is 0 Å². The Labute approximate surface area is 192 Å². The smallest absolute Gasteiger partial charge is 0.251 e. The van der Waals surface area contributed by atoms with Crippen molar-refractivity contribution >= 4 is 11.8 Å². The van der Waals surface area contributed by atoms with Gasteiger partial charge in [-0.25, -0.2) is 0 Å². The summed E-state index contributed by atoms with van der Waals surface area (Å²) in [7, 11) is 0. The van der Waals surface area contributed by atoms with Crippen LogP contribution in [0.1, 0.15) is 82.5 Å². The van der Waals surface area contributed by atoms with E-state index in [1.54, 1.807) is 24.5 Å². The van der Waals surface area contributed by atoms with E-state index in [1.165, 1.54) is 12.8 Å². The van der Waals surface area contributed by atoms with E-state index in [0.717, 1.165) is 38.5 Å². The number of amides is 2. The van der Waals surface area contributed by atoms with Crippen LogP contribution in [0, 0.1) is 29.1 Å². The van der Waals surface area contributed by atoms with Gasteiger partial charge in [0.2, 0.25) is 5.91 Å².